The number of anilines is 2. The van der Waals surface area contributed by atoms with Crippen LogP contribution < -0.4 is 15.1 Å². The SMILES string of the molecule is CC#N.COC(=O)[C@@H]1C[C@@H](C)CN1C(=O)C(c1ccccc1)c1ccccc1.COC(=O)[C@@H]1C[C@H](N2CCN(c3ccccc3)CC2)CN1C(=O)C(c1ccccc1)c1ccccc1.c1ccc(N2CCNCC2)cc1. The Morgan fingerprint density at radius 2 is 0.829 bits per heavy atom. The molecule has 2 amide bonds. The number of esters is 2. The molecule has 0 unspecified atom stereocenters. The summed E-state index contributed by atoms with van der Waals surface area (Å²) in [5, 5.41) is 10.7. The average molecular weight is 1020 g/mol. The van der Waals surface area contributed by atoms with Crippen molar-refractivity contribution in [2.24, 2.45) is 5.92 Å². The summed E-state index contributed by atoms with van der Waals surface area (Å²) >= 11 is 0. The zero-order valence-electron chi connectivity index (χ0n) is 44.4. The van der Waals surface area contributed by atoms with Crippen molar-refractivity contribution in [3.05, 3.63) is 204 Å². The van der Waals surface area contributed by atoms with Crippen molar-refractivity contribution in [1.82, 2.24) is 20.0 Å². The van der Waals surface area contributed by atoms with Crippen LogP contribution in [0, 0.1) is 17.2 Å². The molecule has 4 heterocycles. The number of likely N-dealkylation sites (tertiary alicyclic amines) is 2. The highest BCUT2D eigenvalue weighted by molar-refractivity contribution is 5.92. The van der Waals surface area contributed by atoms with Crippen LogP contribution in [0.4, 0.5) is 11.4 Å². The van der Waals surface area contributed by atoms with Crippen LogP contribution in [0.25, 0.3) is 0 Å². The van der Waals surface area contributed by atoms with E-state index in [1.165, 1.54) is 32.5 Å². The van der Waals surface area contributed by atoms with Crippen LogP contribution >= 0.6 is 0 Å². The molecule has 6 aromatic carbocycles. The minimum absolute atomic E-state index is 0.0443. The van der Waals surface area contributed by atoms with Gasteiger partial charge in [0.05, 0.1) is 32.1 Å². The van der Waals surface area contributed by atoms with Crippen molar-refractivity contribution in [3.63, 3.8) is 0 Å². The van der Waals surface area contributed by atoms with Gasteiger partial charge in [-0.2, -0.15) is 5.26 Å². The fraction of sp³-hybridized carbons (Fsp3) is 0.349. The number of carbonyl (C=O) groups excluding carboxylic acids is 4. The number of nitrogens with zero attached hydrogens (tertiary/aromatic N) is 6. The molecule has 4 atom stereocenters. The molecule has 4 saturated heterocycles. The lowest BCUT2D eigenvalue weighted by Gasteiger charge is -2.39. The zero-order chi connectivity index (χ0) is 53.7. The lowest BCUT2D eigenvalue weighted by atomic mass is 9.90. The van der Waals surface area contributed by atoms with Gasteiger partial charge in [-0.15, -0.1) is 0 Å². The lowest BCUT2D eigenvalue weighted by molar-refractivity contribution is -0.151. The van der Waals surface area contributed by atoms with Gasteiger partial charge < -0.3 is 34.4 Å². The zero-order valence-corrected chi connectivity index (χ0v) is 44.4. The Morgan fingerprint density at radius 1 is 0.500 bits per heavy atom. The maximum absolute atomic E-state index is 14.1. The summed E-state index contributed by atoms with van der Waals surface area (Å²) in [6.45, 7) is 12.7. The Bertz CT molecular complexity index is 2660. The fourth-order valence-corrected chi connectivity index (χ4v) is 10.7. The summed E-state index contributed by atoms with van der Waals surface area (Å²) in [7, 11) is 2.78. The fourth-order valence-electron chi connectivity index (χ4n) is 10.7. The average Bonchev–Trinajstić information content (AvgIpc) is 4.14. The maximum Gasteiger partial charge on any atom is 0.328 e. The number of amides is 2. The second-order valence-electron chi connectivity index (χ2n) is 19.5. The molecule has 4 fully saturated rings. The molecule has 4 aliphatic rings. The molecule has 6 aromatic rings. The molecule has 0 bridgehead atoms. The third-order valence-electron chi connectivity index (χ3n) is 14.5. The standard InChI is InChI=1S/C30H33N3O3.C21H23NO3.C10H14N2.C2H3N/c1-36-30(35)27-21-26(32-19-17-31(18-20-32)25-15-9-4-10-16-25)22-33(27)29(34)28(23-11-5-2-6-12-23)24-13-7-3-8-14-24;1-15-13-18(21(24)25-2)22(14-15)20(23)19(16-9-5-3-6-10-16)17-11-7-4-8-12-17;1-2-4-10(5-3-1)12-8-6-11-7-9-12;1-2-3/h2-16,26-28H,17-22H2,1H3;3-12,15,18-19H,13-14H2,1-2H3;1-5,11H,6-9H2;1H3/t26-,27-;15-,18+;;/m01../s1. The van der Waals surface area contributed by atoms with Crippen LogP contribution in [0.2, 0.25) is 0 Å². The third-order valence-corrected chi connectivity index (χ3v) is 14.5. The largest absolute Gasteiger partial charge is 0.467 e. The number of ether oxygens (including phenoxy) is 2. The summed E-state index contributed by atoms with van der Waals surface area (Å²) in [5.74, 6) is -1.37. The second kappa shape index (κ2) is 28.8. The number of hydrogen-bond donors (Lipinski definition) is 1. The number of carbonyl (C=O) groups is 4. The number of methoxy groups -OCH3 is 2. The quantitative estimate of drug-likeness (QED) is 0.125. The van der Waals surface area contributed by atoms with Crippen LogP contribution in [0.1, 0.15) is 60.8 Å². The Hall–Kier alpha value is -7.79. The number of rotatable bonds is 11. The molecular formula is C63H73N7O6. The van der Waals surface area contributed by atoms with Crippen molar-refractivity contribution >= 4 is 35.1 Å². The van der Waals surface area contributed by atoms with Gasteiger partial charge in [0.1, 0.15) is 12.1 Å². The molecule has 0 saturated carbocycles. The first kappa shape index (κ1) is 55.9. The lowest BCUT2D eigenvalue weighted by Crippen LogP contribution is -2.51. The van der Waals surface area contributed by atoms with Gasteiger partial charge in [0, 0.05) is 89.8 Å². The van der Waals surface area contributed by atoms with Crippen molar-refractivity contribution < 1.29 is 28.7 Å². The molecule has 0 aliphatic carbocycles. The summed E-state index contributed by atoms with van der Waals surface area (Å²) < 4.78 is 10.1. The monoisotopic (exact) mass is 1020 g/mol. The Balaban J connectivity index is 0.000000180. The van der Waals surface area contributed by atoms with Crippen molar-refractivity contribution in [1.29, 1.82) is 5.26 Å². The predicted octanol–water partition coefficient (Wildman–Crippen LogP) is 8.64. The summed E-state index contributed by atoms with van der Waals surface area (Å²) in [4.78, 5) is 63.3. The van der Waals surface area contributed by atoms with Gasteiger partial charge in [0.15, 0.2) is 0 Å². The highest BCUT2D eigenvalue weighted by Crippen LogP contribution is 2.34. The van der Waals surface area contributed by atoms with Crippen LogP contribution in [0.5, 0.6) is 0 Å². The van der Waals surface area contributed by atoms with Crippen LogP contribution in [-0.2, 0) is 28.7 Å². The van der Waals surface area contributed by atoms with Crippen molar-refractivity contribution in [3.8, 4) is 6.07 Å². The molecule has 0 aromatic heterocycles. The van der Waals surface area contributed by atoms with Gasteiger partial charge in [0.25, 0.3) is 0 Å². The number of para-hydroxylation sites is 2. The molecule has 0 radical (unpaired) electrons. The van der Waals surface area contributed by atoms with Crippen LogP contribution in [-0.4, -0.2) is 136 Å². The molecule has 13 heteroatoms. The van der Waals surface area contributed by atoms with E-state index in [1.54, 1.807) is 15.9 Å². The highest BCUT2D eigenvalue weighted by atomic mass is 16.5. The number of hydrogen-bond acceptors (Lipinski definition) is 11. The van der Waals surface area contributed by atoms with E-state index in [4.69, 9.17) is 14.7 Å². The van der Waals surface area contributed by atoms with E-state index < -0.39 is 23.9 Å². The number of piperazine rings is 2. The van der Waals surface area contributed by atoms with Gasteiger partial charge in [-0.25, -0.2) is 9.59 Å². The molecule has 76 heavy (non-hydrogen) atoms. The first-order valence-electron chi connectivity index (χ1n) is 26.5. The summed E-state index contributed by atoms with van der Waals surface area (Å²) in [5.41, 5.74) is 6.30. The van der Waals surface area contributed by atoms with Crippen molar-refractivity contribution in [2.45, 2.75) is 56.7 Å². The number of benzene rings is 6. The first-order valence-corrected chi connectivity index (χ1v) is 26.5. The molecule has 4 aliphatic heterocycles. The minimum Gasteiger partial charge on any atom is -0.467 e. The normalized spacial score (nSPS) is 19.2. The highest BCUT2D eigenvalue weighted by Gasteiger charge is 2.45. The molecular weight excluding hydrogens is 951 g/mol. The number of nitrogens with one attached hydrogen (secondary N) is 1. The van der Waals surface area contributed by atoms with E-state index in [0.29, 0.717) is 25.9 Å². The Morgan fingerprint density at radius 3 is 1.20 bits per heavy atom. The molecule has 396 valence electrons. The minimum atomic E-state index is -0.574. The van der Waals surface area contributed by atoms with Crippen molar-refractivity contribution in [2.75, 3.05) is 89.5 Å². The smallest absolute Gasteiger partial charge is 0.328 e. The van der Waals surface area contributed by atoms with Gasteiger partial charge in [-0.3, -0.25) is 14.5 Å². The molecule has 0 spiro atoms. The van der Waals surface area contributed by atoms with Crippen LogP contribution in [0.15, 0.2) is 182 Å². The van der Waals surface area contributed by atoms with E-state index in [-0.39, 0.29) is 35.7 Å². The first-order chi connectivity index (χ1) is 37.1. The van der Waals surface area contributed by atoms with E-state index in [1.807, 2.05) is 127 Å². The van der Waals surface area contributed by atoms with Gasteiger partial charge in [-0.05, 0) is 65.3 Å². The Labute approximate surface area is 449 Å². The van der Waals surface area contributed by atoms with E-state index >= 15 is 0 Å². The van der Waals surface area contributed by atoms with Gasteiger partial charge in [-0.1, -0.05) is 165 Å². The van der Waals surface area contributed by atoms with Crippen LogP contribution in [0.3, 0.4) is 0 Å². The Kier molecular flexibility index (Phi) is 21.2. The molecule has 10 rings (SSSR count). The summed E-state index contributed by atoms with van der Waals surface area (Å²) in [6.07, 6.45) is 1.24. The van der Waals surface area contributed by atoms with Gasteiger partial charge in [0.2, 0.25) is 11.8 Å². The van der Waals surface area contributed by atoms with Gasteiger partial charge >= 0.3 is 11.9 Å². The predicted molar refractivity (Wildman–Crippen MR) is 300 cm³/mol. The van der Waals surface area contributed by atoms with E-state index in [9.17, 15) is 19.2 Å². The second-order valence-corrected chi connectivity index (χ2v) is 19.5. The summed E-state index contributed by atoms with van der Waals surface area (Å²) in [6, 6.07) is 61.0. The topological polar surface area (TPSA) is 139 Å². The van der Waals surface area contributed by atoms with E-state index in [0.717, 1.165) is 74.6 Å². The maximum atomic E-state index is 14.1. The molecule has 1 N–H and O–H groups in total. The molecule has 13 nitrogen and oxygen atoms in total. The number of nitriles is 1. The third kappa shape index (κ3) is 14.7. The van der Waals surface area contributed by atoms with E-state index in [2.05, 4.69) is 81.5 Å².